The van der Waals surface area contributed by atoms with Gasteiger partial charge < -0.3 is 9.88 Å². The van der Waals surface area contributed by atoms with Gasteiger partial charge in [-0.15, -0.1) is 11.3 Å². The van der Waals surface area contributed by atoms with Gasteiger partial charge in [0, 0.05) is 13.1 Å². The summed E-state index contributed by atoms with van der Waals surface area (Å²) in [6, 6.07) is 8.52. The highest BCUT2D eigenvalue weighted by Gasteiger charge is 2.24. The lowest BCUT2D eigenvalue weighted by Crippen LogP contribution is -2.38. The third kappa shape index (κ3) is 2.76. The Balaban J connectivity index is 1.60. The molecule has 1 atom stereocenters. The van der Waals surface area contributed by atoms with Crippen molar-refractivity contribution in [2.45, 2.75) is 32.2 Å². The number of amides is 1. The number of thiophene rings is 1. The molecule has 1 unspecified atom stereocenters. The van der Waals surface area contributed by atoms with E-state index in [-0.39, 0.29) is 17.5 Å². The van der Waals surface area contributed by atoms with Crippen LogP contribution < -0.4 is 10.9 Å². The van der Waals surface area contributed by atoms with E-state index in [9.17, 15) is 9.59 Å². The predicted octanol–water partition coefficient (Wildman–Crippen LogP) is 2.59. The Bertz CT molecular complexity index is 1030. The number of fused-ring (bicyclic) bond motifs is 2. The van der Waals surface area contributed by atoms with Crippen LogP contribution in [0, 0.1) is 6.92 Å². The number of hydrogen-bond donors (Lipinski definition) is 1. The molecular weight excluding hydrogens is 334 g/mol. The summed E-state index contributed by atoms with van der Waals surface area (Å²) < 4.78 is 1.45. The largest absolute Gasteiger partial charge is 0.348 e. The Labute approximate surface area is 149 Å². The highest BCUT2D eigenvalue weighted by atomic mass is 32.1. The van der Waals surface area contributed by atoms with E-state index in [0.717, 1.165) is 24.8 Å². The molecular formula is C19H19N3O2S. The molecule has 2 heterocycles. The second-order valence-electron chi connectivity index (χ2n) is 6.58. The molecule has 1 aliphatic carbocycles. The van der Waals surface area contributed by atoms with Crippen LogP contribution in [0.15, 0.2) is 35.4 Å². The van der Waals surface area contributed by atoms with Crippen molar-refractivity contribution < 1.29 is 4.79 Å². The van der Waals surface area contributed by atoms with Crippen molar-refractivity contribution in [3.05, 3.63) is 62.5 Å². The van der Waals surface area contributed by atoms with Gasteiger partial charge >= 0.3 is 0 Å². The zero-order valence-corrected chi connectivity index (χ0v) is 15.0. The molecule has 4 rings (SSSR count). The summed E-state index contributed by atoms with van der Waals surface area (Å²) in [6.07, 6.45) is 4.27. The van der Waals surface area contributed by atoms with Crippen molar-refractivity contribution in [2.75, 3.05) is 0 Å². The van der Waals surface area contributed by atoms with Crippen LogP contribution in [0.4, 0.5) is 0 Å². The Kier molecular flexibility index (Phi) is 3.92. The van der Waals surface area contributed by atoms with E-state index < -0.39 is 0 Å². The van der Waals surface area contributed by atoms with Gasteiger partial charge in [-0.1, -0.05) is 24.3 Å². The Morgan fingerprint density at radius 3 is 2.88 bits per heavy atom. The molecule has 1 aromatic carbocycles. The van der Waals surface area contributed by atoms with Gasteiger partial charge in [-0.05, 0) is 42.9 Å². The van der Waals surface area contributed by atoms with E-state index in [1.54, 1.807) is 7.05 Å². The Hall–Kier alpha value is -2.47. The van der Waals surface area contributed by atoms with Crippen molar-refractivity contribution >= 4 is 27.5 Å². The van der Waals surface area contributed by atoms with Gasteiger partial charge in [0.1, 0.15) is 4.83 Å². The van der Waals surface area contributed by atoms with Crippen molar-refractivity contribution in [1.82, 2.24) is 14.9 Å². The number of aromatic nitrogens is 2. The molecule has 0 radical (unpaired) electrons. The summed E-state index contributed by atoms with van der Waals surface area (Å²) in [7, 11) is 1.67. The smallest absolute Gasteiger partial charge is 0.262 e. The molecule has 1 aliphatic rings. The van der Waals surface area contributed by atoms with Crippen LogP contribution in [0.25, 0.3) is 10.2 Å². The molecule has 3 aromatic rings. The average Bonchev–Trinajstić information content (AvgIpc) is 2.95. The van der Waals surface area contributed by atoms with Crippen LogP contribution >= 0.6 is 11.3 Å². The molecule has 128 valence electrons. The van der Waals surface area contributed by atoms with Crippen LogP contribution in [0.1, 0.15) is 32.8 Å². The first-order valence-electron chi connectivity index (χ1n) is 8.37. The second kappa shape index (κ2) is 6.11. The molecule has 6 heteroatoms. The molecule has 0 spiro atoms. The fourth-order valence-electron chi connectivity index (χ4n) is 3.50. The summed E-state index contributed by atoms with van der Waals surface area (Å²) in [6.45, 7) is 1.83. The first kappa shape index (κ1) is 16.0. The monoisotopic (exact) mass is 353 g/mol. The van der Waals surface area contributed by atoms with E-state index in [1.807, 2.05) is 13.0 Å². The van der Waals surface area contributed by atoms with Crippen molar-refractivity contribution in [3.63, 3.8) is 0 Å². The van der Waals surface area contributed by atoms with Gasteiger partial charge in [-0.3, -0.25) is 9.59 Å². The normalized spacial score (nSPS) is 16.6. The molecule has 0 saturated carbocycles. The average molecular weight is 353 g/mol. The quantitative estimate of drug-likeness (QED) is 0.770. The zero-order chi connectivity index (χ0) is 17.6. The van der Waals surface area contributed by atoms with E-state index in [1.165, 1.54) is 33.4 Å². The summed E-state index contributed by atoms with van der Waals surface area (Å²) in [4.78, 5) is 30.6. The number of hydrogen-bond acceptors (Lipinski definition) is 4. The number of nitrogens with zero attached hydrogens (tertiary/aromatic N) is 2. The molecule has 1 amide bonds. The Morgan fingerprint density at radius 1 is 1.32 bits per heavy atom. The van der Waals surface area contributed by atoms with Crippen molar-refractivity contribution in [2.24, 2.45) is 7.05 Å². The van der Waals surface area contributed by atoms with E-state index >= 15 is 0 Å². The van der Waals surface area contributed by atoms with Crippen LogP contribution in [0.2, 0.25) is 0 Å². The van der Waals surface area contributed by atoms with E-state index in [2.05, 4.69) is 28.5 Å². The topological polar surface area (TPSA) is 64.0 Å². The number of nitrogens with one attached hydrogen (secondary N) is 1. The van der Waals surface area contributed by atoms with Crippen molar-refractivity contribution in [1.29, 1.82) is 0 Å². The van der Waals surface area contributed by atoms with Crippen LogP contribution in [-0.2, 0) is 19.9 Å². The minimum atomic E-state index is -0.107. The lowest BCUT2D eigenvalue weighted by Gasteiger charge is -2.25. The van der Waals surface area contributed by atoms with E-state index in [0.29, 0.717) is 15.1 Å². The summed E-state index contributed by atoms with van der Waals surface area (Å²) in [5, 5.41) is 3.70. The predicted molar refractivity (Wildman–Crippen MR) is 99.3 cm³/mol. The minimum Gasteiger partial charge on any atom is -0.348 e. The molecule has 2 aromatic heterocycles. The SMILES string of the molecule is Cc1c(C(=O)NC2CCc3ccccc3C2)sc2ncn(C)c(=O)c12. The van der Waals surface area contributed by atoms with Gasteiger partial charge in [0.2, 0.25) is 0 Å². The second-order valence-corrected chi connectivity index (χ2v) is 7.58. The van der Waals surface area contributed by atoms with Crippen LogP contribution in [-0.4, -0.2) is 21.5 Å². The number of carbonyl (C=O) groups is 1. The number of benzene rings is 1. The van der Waals surface area contributed by atoms with Gasteiger partial charge in [-0.2, -0.15) is 0 Å². The first-order chi connectivity index (χ1) is 12.0. The summed E-state index contributed by atoms with van der Waals surface area (Å²) in [5.41, 5.74) is 3.30. The lowest BCUT2D eigenvalue weighted by molar-refractivity contribution is 0.0937. The zero-order valence-electron chi connectivity index (χ0n) is 14.2. The maximum Gasteiger partial charge on any atom is 0.262 e. The Morgan fingerprint density at radius 2 is 2.08 bits per heavy atom. The first-order valence-corrected chi connectivity index (χ1v) is 9.18. The summed E-state index contributed by atoms with van der Waals surface area (Å²) >= 11 is 1.29. The molecule has 0 aliphatic heterocycles. The maximum atomic E-state index is 12.8. The molecule has 1 N–H and O–H groups in total. The molecule has 5 nitrogen and oxygen atoms in total. The van der Waals surface area contributed by atoms with Gasteiger partial charge in [0.25, 0.3) is 11.5 Å². The molecule has 25 heavy (non-hydrogen) atoms. The number of rotatable bonds is 2. The van der Waals surface area contributed by atoms with Crippen molar-refractivity contribution in [3.8, 4) is 0 Å². The number of carbonyl (C=O) groups excluding carboxylic acids is 1. The highest BCUT2D eigenvalue weighted by Crippen LogP contribution is 2.27. The third-order valence-corrected chi connectivity index (χ3v) is 6.10. The highest BCUT2D eigenvalue weighted by molar-refractivity contribution is 7.20. The fourth-order valence-corrected chi connectivity index (χ4v) is 4.54. The van der Waals surface area contributed by atoms with Gasteiger partial charge in [0.05, 0.1) is 16.6 Å². The fraction of sp³-hybridized carbons (Fsp3) is 0.316. The van der Waals surface area contributed by atoms with Crippen LogP contribution in [0.3, 0.4) is 0 Å². The lowest BCUT2D eigenvalue weighted by atomic mass is 9.88. The third-order valence-electron chi connectivity index (χ3n) is 4.90. The number of aryl methyl sites for hydroxylation is 3. The summed E-state index contributed by atoms with van der Waals surface area (Å²) in [5.74, 6) is -0.105. The van der Waals surface area contributed by atoms with E-state index in [4.69, 9.17) is 0 Å². The van der Waals surface area contributed by atoms with Gasteiger partial charge in [0.15, 0.2) is 0 Å². The molecule has 0 bridgehead atoms. The maximum absolute atomic E-state index is 12.8. The van der Waals surface area contributed by atoms with Gasteiger partial charge in [-0.25, -0.2) is 4.98 Å². The molecule has 0 fully saturated rings. The molecule has 0 saturated heterocycles. The van der Waals surface area contributed by atoms with Crippen LogP contribution in [0.5, 0.6) is 0 Å². The minimum absolute atomic E-state index is 0.105. The standard InChI is InChI=1S/C19H19N3O2S/c1-11-15-18(20-10-22(2)19(15)24)25-16(11)17(23)21-14-8-7-12-5-3-4-6-13(12)9-14/h3-6,10,14H,7-9H2,1-2H3,(H,21,23).